The van der Waals surface area contributed by atoms with E-state index in [9.17, 15) is 14.0 Å². The third-order valence-corrected chi connectivity index (χ3v) is 4.46. The highest BCUT2D eigenvalue weighted by molar-refractivity contribution is 7.14. The predicted octanol–water partition coefficient (Wildman–Crippen LogP) is 3.94. The van der Waals surface area contributed by atoms with Crippen LogP contribution in [0.5, 0.6) is 0 Å². The Kier molecular flexibility index (Phi) is 5.50. The van der Waals surface area contributed by atoms with E-state index in [1.165, 1.54) is 36.5 Å². The lowest BCUT2D eigenvalue weighted by Gasteiger charge is -2.13. The minimum atomic E-state index is -1.02. The first kappa shape index (κ1) is 17.1. The largest absolute Gasteiger partial charge is 0.448 e. The van der Waals surface area contributed by atoms with Crippen molar-refractivity contribution in [2.24, 2.45) is 0 Å². The Labute approximate surface area is 138 Å². The van der Waals surface area contributed by atoms with Gasteiger partial charge in [0.15, 0.2) is 6.10 Å². The molecule has 0 aliphatic carbocycles. The van der Waals surface area contributed by atoms with E-state index in [2.05, 4.69) is 5.32 Å². The standard InChI is InChI=1S/C17H18FNO3S/c1-4-12-9-15(23-11(12)3)17(21)22-10(2)16(20)19-14-8-6-5-7-13(14)18/h5-10H,4H2,1-3H3,(H,19,20). The molecular weight excluding hydrogens is 317 g/mol. The highest BCUT2D eigenvalue weighted by atomic mass is 32.1. The second-order valence-corrected chi connectivity index (χ2v) is 6.32. The van der Waals surface area contributed by atoms with Crippen LogP contribution in [0.3, 0.4) is 0 Å². The van der Waals surface area contributed by atoms with E-state index in [4.69, 9.17) is 4.74 Å². The van der Waals surface area contributed by atoms with Gasteiger partial charge in [0.25, 0.3) is 5.91 Å². The van der Waals surface area contributed by atoms with Crippen molar-refractivity contribution in [1.82, 2.24) is 0 Å². The van der Waals surface area contributed by atoms with Gasteiger partial charge in [-0.05, 0) is 44.0 Å². The van der Waals surface area contributed by atoms with Gasteiger partial charge in [0.05, 0.1) is 5.69 Å². The quantitative estimate of drug-likeness (QED) is 0.842. The molecule has 1 atom stereocenters. The van der Waals surface area contributed by atoms with Gasteiger partial charge in [-0.25, -0.2) is 9.18 Å². The highest BCUT2D eigenvalue weighted by Crippen LogP contribution is 2.23. The molecular formula is C17H18FNO3S. The lowest BCUT2D eigenvalue weighted by atomic mass is 10.2. The lowest BCUT2D eigenvalue weighted by Crippen LogP contribution is -2.30. The average molecular weight is 335 g/mol. The summed E-state index contributed by atoms with van der Waals surface area (Å²) in [7, 11) is 0. The molecule has 0 bridgehead atoms. The fraction of sp³-hybridized carbons (Fsp3) is 0.294. The minimum absolute atomic E-state index is 0.0561. The second kappa shape index (κ2) is 7.37. The van der Waals surface area contributed by atoms with Gasteiger partial charge in [-0.3, -0.25) is 4.79 Å². The van der Waals surface area contributed by atoms with E-state index in [0.717, 1.165) is 16.9 Å². The van der Waals surface area contributed by atoms with Crippen molar-refractivity contribution < 1.29 is 18.7 Å². The van der Waals surface area contributed by atoms with Gasteiger partial charge < -0.3 is 10.1 Å². The fourth-order valence-corrected chi connectivity index (χ4v) is 3.04. The Morgan fingerprint density at radius 1 is 1.35 bits per heavy atom. The molecule has 1 N–H and O–H groups in total. The highest BCUT2D eigenvalue weighted by Gasteiger charge is 2.21. The van der Waals surface area contributed by atoms with Gasteiger partial charge in [-0.2, -0.15) is 0 Å². The molecule has 4 nitrogen and oxygen atoms in total. The van der Waals surface area contributed by atoms with Crippen LogP contribution in [0.2, 0.25) is 0 Å². The van der Waals surface area contributed by atoms with Crippen molar-refractivity contribution in [3.8, 4) is 0 Å². The lowest BCUT2D eigenvalue weighted by molar-refractivity contribution is -0.123. The molecule has 0 radical (unpaired) electrons. The Morgan fingerprint density at radius 3 is 2.65 bits per heavy atom. The molecule has 1 amide bonds. The molecule has 23 heavy (non-hydrogen) atoms. The zero-order chi connectivity index (χ0) is 17.0. The number of amides is 1. The number of aryl methyl sites for hydroxylation is 2. The summed E-state index contributed by atoms with van der Waals surface area (Å²) in [5.41, 5.74) is 1.14. The Hall–Kier alpha value is -2.21. The number of carbonyl (C=O) groups excluding carboxylic acids is 2. The van der Waals surface area contributed by atoms with Crippen LogP contribution < -0.4 is 5.32 Å². The molecule has 1 aromatic heterocycles. The summed E-state index contributed by atoms with van der Waals surface area (Å²) < 4.78 is 18.7. The van der Waals surface area contributed by atoms with E-state index in [1.807, 2.05) is 13.8 Å². The molecule has 1 heterocycles. The number of halogens is 1. The summed E-state index contributed by atoms with van der Waals surface area (Å²) in [6.07, 6.45) is -0.187. The number of hydrogen-bond donors (Lipinski definition) is 1. The Balaban J connectivity index is 2.00. The molecule has 122 valence electrons. The van der Waals surface area contributed by atoms with Gasteiger partial charge in [-0.15, -0.1) is 11.3 Å². The van der Waals surface area contributed by atoms with Crippen LogP contribution >= 0.6 is 11.3 Å². The van der Waals surface area contributed by atoms with E-state index in [-0.39, 0.29) is 5.69 Å². The van der Waals surface area contributed by atoms with Crippen molar-refractivity contribution in [2.75, 3.05) is 5.32 Å². The molecule has 0 fully saturated rings. The molecule has 0 spiro atoms. The van der Waals surface area contributed by atoms with Crippen molar-refractivity contribution in [2.45, 2.75) is 33.3 Å². The van der Waals surface area contributed by atoms with Crippen LogP contribution in [-0.4, -0.2) is 18.0 Å². The minimum Gasteiger partial charge on any atom is -0.448 e. The second-order valence-electron chi connectivity index (χ2n) is 5.06. The number of esters is 1. The van der Waals surface area contributed by atoms with Gasteiger partial charge in [-0.1, -0.05) is 19.1 Å². The molecule has 0 aliphatic heterocycles. The number of hydrogen-bond acceptors (Lipinski definition) is 4. The number of benzene rings is 1. The zero-order valence-corrected chi connectivity index (χ0v) is 14.0. The summed E-state index contributed by atoms with van der Waals surface area (Å²) in [6.45, 7) is 5.40. The third-order valence-electron chi connectivity index (χ3n) is 3.39. The number of carbonyl (C=O) groups is 2. The number of nitrogens with one attached hydrogen (secondary N) is 1. The number of anilines is 1. The van der Waals surface area contributed by atoms with Gasteiger partial charge in [0.2, 0.25) is 0 Å². The summed E-state index contributed by atoms with van der Waals surface area (Å²) in [6, 6.07) is 7.60. The Bertz CT molecular complexity index is 726. The summed E-state index contributed by atoms with van der Waals surface area (Å²) in [5.74, 6) is -1.66. The van der Waals surface area contributed by atoms with Crippen LogP contribution in [0.15, 0.2) is 30.3 Å². The smallest absolute Gasteiger partial charge is 0.349 e. The summed E-state index contributed by atoms with van der Waals surface area (Å²) in [5, 5.41) is 2.41. The van der Waals surface area contributed by atoms with Crippen LogP contribution in [-0.2, 0) is 16.0 Å². The number of thiophene rings is 1. The van der Waals surface area contributed by atoms with Crippen LogP contribution in [0.1, 0.15) is 34.0 Å². The van der Waals surface area contributed by atoms with Crippen LogP contribution in [0, 0.1) is 12.7 Å². The summed E-state index contributed by atoms with van der Waals surface area (Å²) in [4.78, 5) is 25.6. The predicted molar refractivity (Wildman–Crippen MR) is 88.3 cm³/mol. The van der Waals surface area contributed by atoms with Crippen molar-refractivity contribution in [3.05, 3.63) is 51.5 Å². The van der Waals surface area contributed by atoms with Crippen LogP contribution in [0.4, 0.5) is 10.1 Å². The molecule has 0 saturated heterocycles. The molecule has 6 heteroatoms. The zero-order valence-electron chi connectivity index (χ0n) is 13.2. The van der Waals surface area contributed by atoms with Crippen LogP contribution in [0.25, 0.3) is 0 Å². The maximum Gasteiger partial charge on any atom is 0.349 e. The number of ether oxygens (including phenoxy) is 1. The molecule has 2 rings (SSSR count). The topological polar surface area (TPSA) is 55.4 Å². The van der Waals surface area contributed by atoms with Crippen molar-refractivity contribution in [1.29, 1.82) is 0 Å². The first-order chi connectivity index (χ1) is 10.9. The van der Waals surface area contributed by atoms with Gasteiger partial charge >= 0.3 is 5.97 Å². The molecule has 1 unspecified atom stereocenters. The molecule has 0 aliphatic rings. The number of rotatable bonds is 5. The maximum atomic E-state index is 13.5. The van der Waals surface area contributed by atoms with Crippen molar-refractivity contribution >= 4 is 28.9 Å². The van der Waals surface area contributed by atoms with Gasteiger partial charge in [0.1, 0.15) is 10.7 Å². The van der Waals surface area contributed by atoms with Gasteiger partial charge in [0, 0.05) is 4.88 Å². The third kappa shape index (κ3) is 4.16. The molecule has 0 saturated carbocycles. The first-order valence-electron chi connectivity index (χ1n) is 7.28. The first-order valence-corrected chi connectivity index (χ1v) is 8.09. The maximum absolute atomic E-state index is 13.5. The Morgan fingerprint density at radius 2 is 2.04 bits per heavy atom. The molecule has 2 aromatic rings. The monoisotopic (exact) mass is 335 g/mol. The average Bonchev–Trinajstić information content (AvgIpc) is 2.90. The normalized spacial score (nSPS) is 11.8. The van der Waals surface area contributed by atoms with E-state index in [0.29, 0.717) is 4.88 Å². The molecule has 1 aromatic carbocycles. The van der Waals surface area contributed by atoms with E-state index < -0.39 is 23.8 Å². The van der Waals surface area contributed by atoms with E-state index >= 15 is 0 Å². The van der Waals surface area contributed by atoms with Crippen molar-refractivity contribution in [3.63, 3.8) is 0 Å². The number of para-hydroxylation sites is 1. The summed E-state index contributed by atoms with van der Waals surface area (Å²) >= 11 is 1.34. The van der Waals surface area contributed by atoms with E-state index in [1.54, 1.807) is 12.1 Å². The SMILES string of the molecule is CCc1cc(C(=O)OC(C)C(=O)Nc2ccccc2F)sc1C. The fourth-order valence-electron chi connectivity index (χ4n) is 2.04.